The summed E-state index contributed by atoms with van der Waals surface area (Å²) in [6.45, 7) is 4.26. The standard InChI is InChI=1S/C9H13N.CH6Si/c1-8-6-4-5-7-9(8)10(2)3;1-2/h4-7H,1-3H3;1-2H3. The summed E-state index contributed by atoms with van der Waals surface area (Å²) in [5, 5.41) is 0. The first-order chi connectivity index (χ1) is 5.72. The number of nitrogens with zero attached hydrogens (tertiary/aromatic N) is 1. The zero-order valence-corrected chi connectivity index (χ0v) is 10.8. The van der Waals surface area contributed by atoms with E-state index >= 15 is 0 Å². The second kappa shape index (κ2) is 5.83. The molecule has 1 aromatic rings. The van der Waals surface area contributed by atoms with Gasteiger partial charge < -0.3 is 4.90 Å². The van der Waals surface area contributed by atoms with Crippen molar-refractivity contribution in [2.24, 2.45) is 0 Å². The Bertz CT molecular complexity index is 221. The molecule has 0 amide bonds. The summed E-state index contributed by atoms with van der Waals surface area (Å²) in [5.41, 5.74) is 2.62. The van der Waals surface area contributed by atoms with Gasteiger partial charge in [-0.1, -0.05) is 24.7 Å². The van der Waals surface area contributed by atoms with Crippen LogP contribution in [-0.2, 0) is 0 Å². The van der Waals surface area contributed by atoms with E-state index in [-0.39, 0.29) is 0 Å². The molecule has 0 saturated heterocycles. The zero-order chi connectivity index (χ0) is 9.56. The molecule has 68 valence electrons. The summed E-state index contributed by atoms with van der Waals surface area (Å²) in [5.74, 6) is 0. The molecule has 1 aromatic carbocycles. The van der Waals surface area contributed by atoms with Crippen molar-refractivity contribution in [2.75, 3.05) is 19.0 Å². The molecule has 2 heteroatoms. The van der Waals surface area contributed by atoms with Crippen molar-refractivity contribution in [1.82, 2.24) is 0 Å². The van der Waals surface area contributed by atoms with Gasteiger partial charge in [0, 0.05) is 19.8 Å². The molecular weight excluding hydrogens is 162 g/mol. The summed E-state index contributed by atoms with van der Waals surface area (Å²) in [7, 11) is 5.42. The minimum absolute atomic E-state index is 1.29. The molecule has 1 nitrogen and oxygen atoms in total. The van der Waals surface area contributed by atoms with Crippen LogP contribution in [0, 0.1) is 6.92 Å². The van der Waals surface area contributed by atoms with Crippen molar-refractivity contribution in [3.8, 4) is 0 Å². The molecule has 0 spiro atoms. The Balaban J connectivity index is 0.000000561. The minimum atomic E-state index is 1.29. The SMILES string of the molecule is C[SiH3].Cc1ccccc1N(C)C. The van der Waals surface area contributed by atoms with Crippen LogP contribution in [0.5, 0.6) is 0 Å². The lowest BCUT2D eigenvalue weighted by atomic mass is 10.2. The Morgan fingerprint density at radius 2 is 1.58 bits per heavy atom. The highest BCUT2D eigenvalue weighted by molar-refractivity contribution is 6.05. The van der Waals surface area contributed by atoms with Crippen LogP contribution >= 0.6 is 0 Å². The van der Waals surface area contributed by atoms with Crippen molar-refractivity contribution in [2.45, 2.75) is 13.5 Å². The number of hydrogen-bond donors (Lipinski definition) is 0. The maximum Gasteiger partial charge on any atom is 0.0390 e. The van der Waals surface area contributed by atoms with Crippen LogP contribution < -0.4 is 4.90 Å². The van der Waals surface area contributed by atoms with Crippen molar-refractivity contribution in [1.29, 1.82) is 0 Å². The predicted molar refractivity (Wildman–Crippen MR) is 61.3 cm³/mol. The van der Waals surface area contributed by atoms with Crippen LogP contribution in [0.2, 0.25) is 6.55 Å². The van der Waals surface area contributed by atoms with E-state index in [1.54, 1.807) is 0 Å². The molecule has 0 saturated carbocycles. The van der Waals surface area contributed by atoms with Gasteiger partial charge in [0.1, 0.15) is 0 Å². The fourth-order valence-electron chi connectivity index (χ4n) is 1.07. The van der Waals surface area contributed by atoms with Gasteiger partial charge in [-0.15, -0.1) is 0 Å². The van der Waals surface area contributed by atoms with Gasteiger partial charge in [0.25, 0.3) is 0 Å². The van der Waals surface area contributed by atoms with Crippen molar-refractivity contribution < 1.29 is 0 Å². The number of rotatable bonds is 1. The monoisotopic (exact) mass is 181 g/mol. The lowest BCUT2D eigenvalue weighted by molar-refractivity contribution is 1.11. The van der Waals surface area contributed by atoms with Crippen molar-refractivity contribution >= 4 is 15.9 Å². The Hall–Kier alpha value is -0.763. The Morgan fingerprint density at radius 3 is 1.92 bits per heavy atom. The van der Waals surface area contributed by atoms with Gasteiger partial charge in [0.2, 0.25) is 0 Å². The molecule has 0 atom stereocenters. The largest absolute Gasteiger partial charge is 0.377 e. The molecule has 0 aliphatic rings. The van der Waals surface area contributed by atoms with Crippen LogP contribution in [0.4, 0.5) is 5.69 Å². The first-order valence-electron chi connectivity index (χ1n) is 4.45. The molecule has 0 fully saturated rings. The zero-order valence-electron chi connectivity index (χ0n) is 8.76. The normalized spacial score (nSPS) is 8.67. The topological polar surface area (TPSA) is 3.24 Å². The summed E-state index contributed by atoms with van der Waals surface area (Å²) < 4.78 is 0. The molecule has 0 heterocycles. The van der Waals surface area contributed by atoms with Gasteiger partial charge in [-0.2, -0.15) is 0 Å². The molecule has 0 unspecified atom stereocenters. The molecule has 12 heavy (non-hydrogen) atoms. The average molecular weight is 181 g/mol. The lowest BCUT2D eigenvalue weighted by Gasteiger charge is -2.14. The number of para-hydroxylation sites is 1. The average Bonchev–Trinajstić information content (AvgIpc) is 2.08. The van der Waals surface area contributed by atoms with E-state index in [9.17, 15) is 0 Å². The van der Waals surface area contributed by atoms with E-state index in [2.05, 4.69) is 56.7 Å². The Labute approximate surface area is 78.8 Å². The third kappa shape index (κ3) is 3.09. The molecule has 0 aliphatic heterocycles. The minimum Gasteiger partial charge on any atom is -0.377 e. The first-order valence-corrected chi connectivity index (χ1v) is 6.45. The molecule has 0 radical (unpaired) electrons. The third-order valence-corrected chi connectivity index (χ3v) is 1.60. The number of benzene rings is 1. The number of aryl methyl sites for hydroxylation is 1. The highest BCUT2D eigenvalue weighted by atomic mass is 28.1. The highest BCUT2D eigenvalue weighted by Crippen LogP contribution is 2.15. The van der Waals surface area contributed by atoms with E-state index in [4.69, 9.17) is 0 Å². The van der Waals surface area contributed by atoms with Gasteiger partial charge in [0.15, 0.2) is 0 Å². The van der Waals surface area contributed by atoms with Crippen LogP contribution in [0.25, 0.3) is 0 Å². The van der Waals surface area contributed by atoms with Gasteiger partial charge in [-0.05, 0) is 28.8 Å². The van der Waals surface area contributed by atoms with Crippen molar-refractivity contribution in [3.63, 3.8) is 0 Å². The predicted octanol–water partition coefficient (Wildman–Crippen LogP) is 1.46. The number of hydrogen-bond acceptors (Lipinski definition) is 1. The van der Waals surface area contributed by atoms with E-state index in [0.717, 1.165) is 0 Å². The van der Waals surface area contributed by atoms with Gasteiger partial charge in [-0.25, -0.2) is 0 Å². The highest BCUT2D eigenvalue weighted by Gasteiger charge is 1.95. The molecule has 0 aromatic heterocycles. The second-order valence-corrected chi connectivity index (χ2v) is 2.68. The quantitative estimate of drug-likeness (QED) is 0.593. The van der Waals surface area contributed by atoms with Crippen molar-refractivity contribution in [3.05, 3.63) is 29.8 Å². The van der Waals surface area contributed by atoms with Gasteiger partial charge in [0.05, 0.1) is 0 Å². The Morgan fingerprint density at radius 1 is 1.08 bits per heavy atom. The lowest BCUT2D eigenvalue weighted by Crippen LogP contribution is -2.09. The van der Waals surface area contributed by atoms with Crippen LogP contribution in [0.3, 0.4) is 0 Å². The summed E-state index contributed by atoms with van der Waals surface area (Å²) in [6, 6.07) is 8.36. The molecule has 1 rings (SSSR count). The Kier molecular flexibility index (Phi) is 5.46. The third-order valence-electron chi connectivity index (χ3n) is 1.60. The van der Waals surface area contributed by atoms with Gasteiger partial charge in [-0.3, -0.25) is 0 Å². The van der Waals surface area contributed by atoms with Gasteiger partial charge >= 0.3 is 0 Å². The van der Waals surface area contributed by atoms with Crippen LogP contribution in [0.15, 0.2) is 24.3 Å². The van der Waals surface area contributed by atoms with E-state index < -0.39 is 0 Å². The van der Waals surface area contributed by atoms with Crippen LogP contribution in [0.1, 0.15) is 5.56 Å². The molecular formula is C10H19NSi. The first kappa shape index (κ1) is 11.2. The fourth-order valence-corrected chi connectivity index (χ4v) is 1.07. The van der Waals surface area contributed by atoms with Crippen LogP contribution in [-0.4, -0.2) is 24.3 Å². The summed E-state index contributed by atoms with van der Waals surface area (Å²) in [4.78, 5) is 2.12. The summed E-state index contributed by atoms with van der Waals surface area (Å²) in [6.07, 6.45) is 0. The molecule has 0 bridgehead atoms. The molecule has 0 aliphatic carbocycles. The summed E-state index contributed by atoms with van der Waals surface area (Å²) >= 11 is 0. The van der Waals surface area contributed by atoms with E-state index in [0.29, 0.717) is 0 Å². The number of anilines is 1. The van der Waals surface area contributed by atoms with E-state index in [1.807, 2.05) is 0 Å². The maximum atomic E-state index is 2.14. The smallest absolute Gasteiger partial charge is 0.0390 e. The fraction of sp³-hybridized carbons (Fsp3) is 0.400. The maximum absolute atomic E-state index is 2.14. The van der Waals surface area contributed by atoms with E-state index in [1.165, 1.54) is 21.5 Å². The molecule has 0 N–H and O–H groups in total. The second-order valence-electron chi connectivity index (χ2n) is 2.68.